The molecule has 3 heterocycles. The number of benzene rings is 2. The molecule has 9 nitrogen and oxygen atoms in total. The van der Waals surface area contributed by atoms with Crippen LogP contribution >= 0.6 is 0 Å². The minimum absolute atomic E-state index is 0.183. The van der Waals surface area contributed by atoms with E-state index in [1.165, 1.54) is 9.80 Å². The SMILES string of the molecule is O=C(N[C@H]1C[C@@H]2C(=O)N[C@H]3CCN(C(=O)[C@@H](O)c4ccccc4)[C@@H]3C(=O)N2C1)c1ccccc1. The molecule has 4 amide bonds. The zero-order valence-corrected chi connectivity index (χ0v) is 18.5. The van der Waals surface area contributed by atoms with E-state index in [2.05, 4.69) is 10.6 Å². The van der Waals surface area contributed by atoms with Crippen molar-refractivity contribution in [3.8, 4) is 0 Å². The van der Waals surface area contributed by atoms with Crippen molar-refractivity contribution in [1.29, 1.82) is 0 Å². The van der Waals surface area contributed by atoms with E-state index in [-0.39, 0.29) is 36.9 Å². The van der Waals surface area contributed by atoms with Crippen molar-refractivity contribution < 1.29 is 24.3 Å². The Bertz CT molecular complexity index is 1110. The van der Waals surface area contributed by atoms with Crippen molar-refractivity contribution in [2.24, 2.45) is 0 Å². The van der Waals surface area contributed by atoms with E-state index in [1.807, 2.05) is 6.07 Å². The van der Waals surface area contributed by atoms with Crippen LogP contribution in [0.1, 0.15) is 34.9 Å². The summed E-state index contributed by atoms with van der Waals surface area (Å²) in [5.74, 6) is -1.45. The number of hydrogen-bond acceptors (Lipinski definition) is 5. The van der Waals surface area contributed by atoms with Gasteiger partial charge in [-0.1, -0.05) is 48.5 Å². The summed E-state index contributed by atoms with van der Waals surface area (Å²) in [7, 11) is 0. The van der Waals surface area contributed by atoms with Crippen molar-refractivity contribution in [3.05, 3.63) is 71.8 Å². The standard InChI is InChI=1S/C25H26N4O5/c30-21(15-7-3-1-4-8-15)25(34)28-12-11-18-20(28)24(33)29-14-17(13-19(29)23(32)27-18)26-22(31)16-9-5-2-6-10-16/h1-10,17-21,30H,11-14H2,(H,26,31)(H,27,32)/t17-,18-,19+,20-,21-/m0/s1. The molecule has 34 heavy (non-hydrogen) atoms. The van der Waals surface area contributed by atoms with Crippen LogP contribution in [0.15, 0.2) is 60.7 Å². The zero-order valence-electron chi connectivity index (χ0n) is 18.5. The predicted molar refractivity (Wildman–Crippen MR) is 121 cm³/mol. The molecule has 0 bridgehead atoms. The van der Waals surface area contributed by atoms with Crippen LogP contribution in [0, 0.1) is 0 Å². The highest BCUT2D eigenvalue weighted by atomic mass is 16.3. The van der Waals surface area contributed by atoms with Gasteiger partial charge < -0.3 is 25.5 Å². The van der Waals surface area contributed by atoms with Crippen LogP contribution in [0.2, 0.25) is 0 Å². The number of nitrogens with zero attached hydrogens (tertiary/aromatic N) is 2. The minimum atomic E-state index is -1.39. The summed E-state index contributed by atoms with van der Waals surface area (Å²) in [6.45, 7) is 0.443. The Kier molecular flexibility index (Phi) is 5.79. The van der Waals surface area contributed by atoms with E-state index in [0.717, 1.165) is 0 Å². The normalized spacial score (nSPS) is 26.9. The second-order valence-electron chi connectivity index (χ2n) is 8.97. The first-order chi connectivity index (χ1) is 16.4. The van der Waals surface area contributed by atoms with Crippen molar-refractivity contribution in [3.63, 3.8) is 0 Å². The molecule has 0 aromatic heterocycles. The van der Waals surface area contributed by atoms with Crippen molar-refractivity contribution >= 4 is 23.6 Å². The monoisotopic (exact) mass is 462 g/mol. The topological polar surface area (TPSA) is 119 Å². The average Bonchev–Trinajstić information content (AvgIpc) is 3.46. The molecule has 5 rings (SSSR count). The first-order valence-corrected chi connectivity index (χ1v) is 11.4. The van der Waals surface area contributed by atoms with Gasteiger partial charge >= 0.3 is 0 Å². The van der Waals surface area contributed by atoms with Gasteiger partial charge in [0.1, 0.15) is 12.1 Å². The number of aliphatic hydroxyl groups is 1. The number of aliphatic hydroxyl groups excluding tert-OH is 1. The van der Waals surface area contributed by atoms with E-state index in [1.54, 1.807) is 54.6 Å². The Labute approximate surface area is 196 Å². The molecule has 176 valence electrons. The lowest BCUT2D eigenvalue weighted by atomic mass is 10.1. The Morgan fingerprint density at radius 3 is 2.41 bits per heavy atom. The maximum atomic E-state index is 13.6. The van der Waals surface area contributed by atoms with E-state index in [9.17, 15) is 24.3 Å². The maximum Gasteiger partial charge on any atom is 0.256 e. The number of likely N-dealkylation sites (tertiary alicyclic amines) is 1. The molecule has 9 heteroatoms. The summed E-state index contributed by atoms with van der Waals surface area (Å²) < 4.78 is 0. The van der Waals surface area contributed by atoms with Gasteiger partial charge in [0.15, 0.2) is 6.10 Å². The summed E-state index contributed by atoms with van der Waals surface area (Å²) in [4.78, 5) is 55.1. The summed E-state index contributed by atoms with van der Waals surface area (Å²) >= 11 is 0. The smallest absolute Gasteiger partial charge is 0.256 e. The van der Waals surface area contributed by atoms with E-state index in [4.69, 9.17) is 0 Å². The van der Waals surface area contributed by atoms with Gasteiger partial charge in [0, 0.05) is 24.7 Å². The third-order valence-electron chi connectivity index (χ3n) is 6.87. The van der Waals surface area contributed by atoms with Crippen LogP contribution in [-0.2, 0) is 14.4 Å². The second-order valence-corrected chi connectivity index (χ2v) is 8.97. The van der Waals surface area contributed by atoms with Crippen molar-refractivity contribution in [1.82, 2.24) is 20.4 Å². The van der Waals surface area contributed by atoms with Gasteiger partial charge in [0.25, 0.3) is 11.8 Å². The lowest BCUT2D eigenvalue weighted by molar-refractivity contribution is -0.149. The van der Waals surface area contributed by atoms with Crippen LogP contribution in [0.25, 0.3) is 0 Å². The Balaban J connectivity index is 1.33. The number of amides is 4. The van der Waals surface area contributed by atoms with E-state index >= 15 is 0 Å². The van der Waals surface area contributed by atoms with E-state index < -0.39 is 30.1 Å². The molecule has 3 aliphatic rings. The number of rotatable bonds is 4. The van der Waals surface area contributed by atoms with E-state index in [0.29, 0.717) is 24.0 Å². The summed E-state index contributed by atoms with van der Waals surface area (Å²) in [5.41, 5.74) is 0.951. The first-order valence-electron chi connectivity index (χ1n) is 11.4. The molecule has 2 aromatic rings. The van der Waals surface area contributed by atoms with Crippen LogP contribution in [0.4, 0.5) is 0 Å². The average molecular weight is 463 g/mol. The fourth-order valence-corrected chi connectivity index (χ4v) is 5.17. The molecule has 0 aliphatic carbocycles. The fourth-order valence-electron chi connectivity index (χ4n) is 5.17. The molecule has 3 N–H and O–H groups in total. The summed E-state index contributed by atoms with van der Waals surface area (Å²) in [5, 5.41) is 16.5. The summed E-state index contributed by atoms with van der Waals surface area (Å²) in [6.07, 6.45) is -0.653. The number of nitrogens with one attached hydrogen (secondary N) is 2. The third-order valence-corrected chi connectivity index (χ3v) is 6.87. The zero-order chi connectivity index (χ0) is 23.8. The summed E-state index contributed by atoms with van der Waals surface area (Å²) in [6, 6.07) is 14.8. The van der Waals surface area contributed by atoms with Gasteiger partial charge in [-0.05, 0) is 30.5 Å². The molecule has 0 radical (unpaired) electrons. The van der Waals surface area contributed by atoms with Gasteiger partial charge in [0.2, 0.25) is 11.8 Å². The fraction of sp³-hybridized carbons (Fsp3) is 0.360. The molecule has 0 unspecified atom stereocenters. The molecule has 3 fully saturated rings. The largest absolute Gasteiger partial charge is 0.378 e. The quantitative estimate of drug-likeness (QED) is 0.601. The Hall–Kier alpha value is -3.72. The number of carbonyl (C=O) groups is 4. The molecular formula is C25H26N4O5. The van der Waals surface area contributed by atoms with Gasteiger partial charge in [-0.3, -0.25) is 19.2 Å². The van der Waals surface area contributed by atoms with Crippen LogP contribution < -0.4 is 10.6 Å². The van der Waals surface area contributed by atoms with Crippen LogP contribution in [0.5, 0.6) is 0 Å². The van der Waals surface area contributed by atoms with Crippen molar-refractivity contribution in [2.75, 3.05) is 13.1 Å². The van der Waals surface area contributed by atoms with Crippen LogP contribution in [-0.4, -0.2) is 75.8 Å². The number of hydrogen-bond donors (Lipinski definition) is 3. The highest BCUT2D eigenvalue weighted by molar-refractivity contribution is 5.98. The first kappa shape index (κ1) is 22.1. The highest BCUT2D eigenvalue weighted by Gasteiger charge is 2.53. The minimum Gasteiger partial charge on any atom is -0.378 e. The van der Waals surface area contributed by atoms with Gasteiger partial charge in [0.05, 0.1) is 6.04 Å². The third kappa shape index (κ3) is 3.92. The van der Waals surface area contributed by atoms with Gasteiger partial charge in [-0.25, -0.2) is 0 Å². The molecule has 3 saturated heterocycles. The lowest BCUT2D eigenvalue weighted by Crippen LogP contribution is -2.53. The molecule has 0 saturated carbocycles. The maximum absolute atomic E-state index is 13.6. The Morgan fingerprint density at radius 2 is 1.71 bits per heavy atom. The number of carbonyl (C=O) groups excluding carboxylic acids is 4. The molecular weight excluding hydrogens is 436 g/mol. The van der Waals surface area contributed by atoms with Crippen molar-refractivity contribution in [2.45, 2.75) is 43.1 Å². The second kappa shape index (κ2) is 8.90. The predicted octanol–water partition coefficient (Wildman–Crippen LogP) is 0.219. The molecule has 0 spiro atoms. The highest BCUT2D eigenvalue weighted by Crippen LogP contribution is 2.31. The number of fused-ring (bicyclic) bond motifs is 2. The Morgan fingerprint density at radius 1 is 1.03 bits per heavy atom. The van der Waals surface area contributed by atoms with Crippen LogP contribution in [0.3, 0.4) is 0 Å². The lowest BCUT2D eigenvalue weighted by Gasteiger charge is -2.30. The molecule has 2 aromatic carbocycles. The molecule has 3 aliphatic heterocycles. The molecule has 5 atom stereocenters. The van der Waals surface area contributed by atoms with Gasteiger partial charge in [-0.15, -0.1) is 0 Å². The van der Waals surface area contributed by atoms with Gasteiger partial charge in [-0.2, -0.15) is 0 Å².